The van der Waals surface area contributed by atoms with Crippen molar-refractivity contribution >= 4 is 28.3 Å². The molecule has 0 atom stereocenters. The number of amides is 1. The highest BCUT2D eigenvalue weighted by atomic mass is 16.3. The molecule has 1 saturated heterocycles. The van der Waals surface area contributed by atoms with Crippen LogP contribution in [0.3, 0.4) is 0 Å². The van der Waals surface area contributed by atoms with Crippen LogP contribution in [0.15, 0.2) is 65.8 Å². The largest absolute Gasteiger partial charge is 0.444 e. The summed E-state index contributed by atoms with van der Waals surface area (Å²) in [7, 11) is 0. The molecule has 0 saturated carbocycles. The maximum atomic E-state index is 13.0. The van der Waals surface area contributed by atoms with Gasteiger partial charge in [-0.05, 0) is 43.5 Å². The molecule has 0 spiro atoms. The molecule has 1 aliphatic rings. The van der Waals surface area contributed by atoms with Crippen molar-refractivity contribution in [3.05, 3.63) is 66.9 Å². The molecule has 3 aromatic heterocycles. The quantitative estimate of drug-likeness (QED) is 0.498. The van der Waals surface area contributed by atoms with Crippen molar-refractivity contribution in [1.29, 1.82) is 0 Å². The van der Waals surface area contributed by atoms with Gasteiger partial charge in [-0.25, -0.2) is 15.0 Å². The Morgan fingerprint density at radius 3 is 2.61 bits per heavy atom. The van der Waals surface area contributed by atoms with Crippen molar-refractivity contribution < 1.29 is 9.21 Å². The van der Waals surface area contributed by atoms with E-state index in [1.165, 1.54) is 6.39 Å². The maximum Gasteiger partial charge on any atom is 0.257 e. The molecular formula is C25H26N6O2. The number of fused-ring (bicyclic) bond motifs is 1. The minimum atomic E-state index is -0.210. The number of hydrogen-bond acceptors (Lipinski definition) is 7. The van der Waals surface area contributed by atoms with Crippen LogP contribution >= 0.6 is 0 Å². The van der Waals surface area contributed by atoms with Crippen LogP contribution in [0.4, 0.5) is 11.6 Å². The number of benzene rings is 1. The highest BCUT2D eigenvalue weighted by molar-refractivity contribution is 6.05. The Morgan fingerprint density at radius 1 is 1.00 bits per heavy atom. The second kappa shape index (κ2) is 8.99. The first-order valence-electron chi connectivity index (χ1n) is 11.1. The van der Waals surface area contributed by atoms with Crippen LogP contribution in [-0.4, -0.2) is 58.0 Å². The van der Waals surface area contributed by atoms with Gasteiger partial charge in [-0.1, -0.05) is 12.1 Å². The Morgan fingerprint density at radius 2 is 1.85 bits per heavy atom. The van der Waals surface area contributed by atoms with E-state index in [-0.39, 0.29) is 5.91 Å². The molecule has 0 unspecified atom stereocenters. The molecular weight excluding hydrogens is 416 g/mol. The lowest BCUT2D eigenvalue weighted by Crippen LogP contribution is -2.49. The highest BCUT2D eigenvalue weighted by Gasteiger charge is 2.20. The number of carbonyl (C=O) groups excluding carboxylic acids is 1. The minimum Gasteiger partial charge on any atom is -0.444 e. The zero-order valence-corrected chi connectivity index (χ0v) is 18.7. The summed E-state index contributed by atoms with van der Waals surface area (Å²) in [5.41, 5.74) is 1.48. The lowest BCUT2D eigenvalue weighted by atomic mass is 10.1. The fourth-order valence-corrected chi connectivity index (χ4v) is 4.11. The third-order valence-corrected chi connectivity index (χ3v) is 6.06. The third-order valence-electron chi connectivity index (χ3n) is 6.06. The van der Waals surface area contributed by atoms with Crippen molar-refractivity contribution in [1.82, 2.24) is 19.9 Å². The Hall–Kier alpha value is -3.78. The van der Waals surface area contributed by atoms with Crippen molar-refractivity contribution in [3.8, 4) is 11.3 Å². The van der Waals surface area contributed by atoms with Crippen molar-refractivity contribution in [2.75, 3.05) is 36.4 Å². The van der Waals surface area contributed by atoms with Crippen LogP contribution in [0.25, 0.3) is 22.1 Å². The lowest BCUT2D eigenvalue weighted by molar-refractivity contribution is 0.102. The number of carbonyl (C=O) groups is 1. The monoisotopic (exact) mass is 442 g/mol. The van der Waals surface area contributed by atoms with Gasteiger partial charge in [0.15, 0.2) is 12.2 Å². The smallest absolute Gasteiger partial charge is 0.257 e. The van der Waals surface area contributed by atoms with E-state index in [2.05, 4.69) is 43.9 Å². The topological polar surface area (TPSA) is 87.4 Å². The zero-order valence-electron chi connectivity index (χ0n) is 18.7. The van der Waals surface area contributed by atoms with Gasteiger partial charge in [0.25, 0.3) is 5.91 Å². The molecule has 8 nitrogen and oxygen atoms in total. The number of rotatable bonds is 5. The van der Waals surface area contributed by atoms with Gasteiger partial charge in [-0.15, -0.1) is 0 Å². The van der Waals surface area contributed by atoms with Crippen molar-refractivity contribution in [3.63, 3.8) is 0 Å². The number of anilines is 2. The first kappa shape index (κ1) is 21.1. The van der Waals surface area contributed by atoms with Gasteiger partial charge in [0.05, 0.1) is 6.20 Å². The Kier molecular flexibility index (Phi) is 5.75. The molecule has 1 aromatic carbocycles. The van der Waals surface area contributed by atoms with E-state index in [4.69, 9.17) is 4.42 Å². The fourth-order valence-electron chi connectivity index (χ4n) is 4.11. The van der Waals surface area contributed by atoms with E-state index < -0.39 is 0 Å². The SMILES string of the molecule is CC(C)N1CCN(c2cc(C(=O)Nc3cc4cc(-c5cnco5)ccc4cn3)ccn2)CC1. The molecule has 8 heteroatoms. The van der Waals surface area contributed by atoms with Gasteiger partial charge >= 0.3 is 0 Å². The van der Waals surface area contributed by atoms with Crippen LogP contribution in [0, 0.1) is 0 Å². The lowest BCUT2D eigenvalue weighted by Gasteiger charge is -2.37. The Labute approximate surface area is 192 Å². The van der Waals surface area contributed by atoms with E-state index in [1.54, 1.807) is 24.7 Å². The summed E-state index contributed by atoms with van der Waals surface area (Å²) in [6.07, 6.45) is 6.53. The van der Waals surface area contributed by atoms with Gasteiger partial charge < -0.3 is 14.6 Å². The third kappa shape index (κ3) is 4.56. The van der Waals surface area contributed by atoms with Gasteiger partial charge in [-0.3, -0.25) is 9.69 Å². The minimum absolute atomic E-state index is 0.210. The number of oxazole rings is 1. The van der Waals surface area contributed by atoms with Gasteiger partial charge in [0.1, 0.15) is 11.6 Å². The van der Waals surface area contributed by atoms with Crippen molar-refractivity contribution in [2.45, 2.75) is 19.9 Å². The highest BCUT2D eigenvalue weighted by Crippen LogP contribution is 2.25. The first-order valence-corrected chi connectivity index (χ1v) is 11.1. The number of nitrogens with zero attached hydrogens (tertiary/aromatic N) is 5. The van der Waals surface area contributed by atoms with Crippen LogP contribution in [0.2, 0.25) is 0 Å². The summed E-state index contributed by atoms with van der Waals surface area (Å²) in [6.45, 7) is 8.22. The van der Waals surface area contributed by atoms with E-state index in [1.807, 2.05) is 30.3 Å². The molecule has 0 radical (unpaired) electrons. The fraction of sp³-hybridized carbons (Fsp3) is 0.280. The second-order valence-corrected chi connectivity index (χ2v) is 8.47. The summed E-state index contributed by atoms with van der Waals surface area (Å²) in [5.74, 6) is 1.80. The van der Waals surface area contributed by atoms with Crippen LogP contribution < -0.4 is 10.2 Å². The predicted molar refractivity (Wildman–Crippen MR) is 128 cm³/mol. The van der Waals surface area contributed by atoms with Gasteiger partial charge in [-0.2, -0.15) is 0 Å². The molecule has 0 aliphatic carbocycles. The normalized spacial score (nSPS) is 14.7. The average molecular weight is 443 g/mol. The predicted octanol–water partition coefficient (Wildman–Crippen LogP) is 4.07. The Bertz CT molecular complexity index is 1260. The Balaban J connectivity index is 1.32. The molecule has 1 fully saturated rings. The maximum absolute atomic E-state index is 13.0. The van der Waals surface area contributed by atoms with Gasteiger partial charge in [0.2, 0.25) is 0 Å². The van der Waals surface area contributed by atoms with Crippen molar-refractivity contribution in [2.24, 2.45) is 0 Å². The molecule has 33 heavy (non-hydrogen) atoms. The molecule has 0 bridgehead atoms. The van der Waals surface area contributed by atoms with E-state index in [0.717, 1.165) is 48.3 Å². The first-order chi connectivity index (χ1) is 16.1. The summed E-state index contributed by atoms with van der Waals surface area (Å²) >= 11 is 0. The molecule has 1 amide bonds. The summed E-state index contributed by atoms with van der Waals surface area (Å²) < 4.78 is 5.39. The molecule has 4 heterocycles. The van der Waals surface area contributed by atoms with Crippen LogP contribution in [0.5, 0.6) is 0 Å². The van der Waals surface area contributed by atoms with E-state index in [9.17, 15) is 4.79 Å². The number of aromatic nitrogens is 3. The van der Waals surface area contributed by atoms with E-state index in [0.29, 0.717) is 23.2 Å². The molecule has 1 N–H and O–H groups in total. The zero-order chi connectivity index (χ0) is 22.8. The van der Waals surface area contributed by atoms with Crippen LogP contribution in [-0.2, 0) is 0 Å². The summed E-state index contributed by atoms with van der Waals surface area (Å²) in [4.78, 5) is 30.5. The number of pyridine rings is 2. The molecule has 4 aromatic rings. The molecule has 168 valence electrons. The summed E-state index contributed by atoms with van der Waals surface area (Å²) in [6, 6.07) is 11.9. The molecule has 1 aliphatic heterocycles. The second-order valence-electron chi connectivity index (χ2n) is 8.47. The van der Waals surface area contributed by atoms with E-state index >= 15 is 0 Å². The molecule has 5 rings (SSSR count). The average Bonchev–Trinajstić information content (AvgIpc) is 3.39. The number of nitrogens with one attached hydrogen (secondary N) is 1. The number of hydrogen-bond donors (Lipinski definition) is 1. The number of piperazine rings is 1. The van der Waals surface area contributed by atoms with Gasteiger partial charge in [0, 0.05) is 61.1 Å². The van der Waals surface area contributed by atoms with Crippen LogP contribution in [0.1, 0.15) is 24.2 Å². The standard InChI is InChI=1S/C25H26N6O2/c1-17(2)30-7-9-31(10-8-30)24-13-19(5-6-27-24)25(32)29-23-12-21-11-18(22-15-26-16-33-22)3-4-20(21)14-28-23/h3-6,11-17H,7-10H2,1-2H3,(H,28,29,32). The summed E-state index contributed by atoms with van der Waals surface area (Å²) in [5, 5.41) is 4.84.